The fourth-order valence-corrected chi connectivity index (χ4v) is 5.52. The van der Waals surface area contributed by atoms with Crippen molar-refractivity contribution in [1.29, 1.82) is 0 Å². The molecule has 2 saturated heterocycles. The van der Waals surface area contributed by atoms with Gasteiger partial charge in [-0.3, -0.25) is 19.3 Å². The van der Waals surface area contributed by atoms with E-state index in [1.807, 2.05) is 0 Å². The summed E-state index contributed by atoms with van der Waals surface area (Å²) in [5, 5.41) is 2.91. The van der Waals surface area contributed by atoms with Crippen LogP contribution in [0.15, 0.2) is 18.2 Å². The van der Waals surface area contributed by atoms with Gasteiger partial charge >= 0.3 is 6.03 Å². The molecule has 1 N–H and O–H groups in total. The topological polar surface area (TPSA) is 108 Å². The molecule has 1 aromatic carbocycles. The summed E-state index contributed by atoms with van der Waals surface area (Å²) in [6.07, 6.45) is 5.24. The van der Waals surface area contributed by atoms with Gasteiger partial charge in [-0.25, -0.2) is 4.79 Å². The number of imide groups is 1. The molecule has 5 amide bonds. The van der Waals surface area contributed by atoms with E-state index in [0.717, 1.165) is 24.2 Å². The molecule has 5 rings (SSSR count). The Hall–Kier alpha value is -3.30. The second-order valence-corrected chi connectivity index (χ2v) is 9.54. The summed E-state index contributed by atoms with van der Waals surface area (Å²) >= 11 is 0. The van der Waals surface area contributed by atoms with Crippen molar-refractivity contribution in [3.8, 4) is 11.5 Å². The highest BCUT2D eigenvalue weighted by Crippen LogP contribution is 2.39. The molecule has 0 aromatic heterocycles. The van der Waals surface area contributed by atoms with Gasteiger partial charge in [0, 0.05) is 37.8 Å². The highest BCUT2D eigenvalue weighted by Gasteiger charge is 2.56. The van der Waals surface area contributed by atoms with Crippen LogP contribution in [0.5, 0.6) is 11.5 Å². The number of likely N-dealkylation sites (tertiary alicyclic amines) is 1. The normalized spacial score (nSPS) is 22.0. The number of carbonyl (C=O) groups excluding carboxylic acids is 4. The monoisotopic (exact) mass is 470 g/mol. The summed E-state index contributed by atoms with van der Waals surface area (Å²) < 4.78 is 10.6. The van der Waals surface area contributed by atoms with Gasteiger partial charge in [-0.2, -0.15) is 0 Å². The molecular formula is C24H30N4O6. The lowest BCUT2D eigenvalue weighted by Gasteiger charge is -2.36. The number of rotatable bonds is 4. The first-order valence-electron chi connectivity index (χ1n) is 12.0. The minimum atomic E-state index is -0.782. The molecule has 0 bridgehead atoms. The maximum Gasteiger partial charge on any atom is 0.327 e. The van der Waals surface area contributed by atoms with E-state index in [-0.39, 0.29) is 37.0 Å². The minimum Gasteiger partial charge on any atom is -0.454 e. The average Bonchev–Trinajstić information content (AvgIpc) is 3.39. The van der Waals surface area contributed by atoms with Crippen molar-refractivity contribution in [1.82, 2.24) is 14.7 Å². The first-order chi connectivity index (χ1) is 16.4. The number of ether oxygens (including phenoxy) is 2. The van der Waals surface area contributed by atoms with Crippen molar-refractivity contribution in [3.63, 3.8) is 0 Å². The Kier molecular flexibility index (Phi) is 5.83. The van der Waals surface area contributed by atoms with Crippen LogP contribution in [0, 0.1) is 5.92 Å². The van der Waals surface area contributed by atoms with E-state index >= 15 is 0 Å². The van der Waals surface area contributed by atoms with Crippen LogP contribution in [0.2, 0.25) is 0 Å². The van der Waals surface area contributed by atoms with E-state index in [1.54, 1.807) is 30.1 Å². The highest BCUT2D eigenvalue weighted by molar-refractivity contribution is 6.09. The molecule has 10 heteroatoms. The lowest BCUT2D eigenvalue weighted by atomic mass is 9.81. The largest absolute Gasteiger partial charge is 0.454 e. The number of carbonyl (C=O) groups is 4. The SMILES string of the molecule is CN1C(=O)N(CC(=O)N2CCC(C(=O)Nc3ccc4c(c3)OCO4)CC2)C(=O)C12CCCCC2. The number of urea groups is 1. The van der Waals surface area contributed by atoms with E-state index < -0.39 is 11.6 Å². The molecule has 0 unspecified atom stereocenters. The Labute approximate surface area is 198 Å². The summed E-state index contributed by atoms with van der Waals surface area (Å²) in [5.41, 5.74) is -0.144. The molecule has 3 fully saturated rings. The third-order valence-corrected chi connectivity index (χ3v) is 7.64. The van der Waals surface area contributed by atoms with Gasteiger partial charge in [-0.15, -0.1) is 0 Å². The molecule has 10 nitrogen and oxygen atoms in total. The van der Waals surface area contributed by atoms with Crippen molar-refractivity contribution < 1.29 is 28.7 Å². The Bertz CT molecular complexity index is 1010. The van der Waals surface area contributed by atoms with Crippen molar-refractivity contribution >= 4 is 29.4 Å². The Balaban J connectivity index is 1.14. The summed E-state index contributed by atoms with van der Waals surface area (Å²) in [7, 11) is 1.67. The molecule has 182 valence electrons. The predicted octanol–water partition coefficient (Wildman–Crippen LogP) is 2.19. The van der Waals surface area contributed by atoms with E-state index in [0.29, 0.717) is 56.0 Å². The third kappa shape index (κ3) is 3.84. The van der Waals surface area contributed by atoms with Crippen molar-refractivity contribution in [3.05, 3.63) is 18.2 Å². The van der Waals surface area contributed by atoms with E-state index in [9.17, 15) is 19.2 Å². The quantitative estimate of drug-likeness (QED) is 0.676. The number of nitrogens with one attached hydrogen (secondary N) is 1. The Morgan fingerprint density at radius 1 is 1.06 bits per heavy atom. The number of hydrogen-bond donors (Lipinski definition) is 1. The van der Waals surface area contributed by atoms with Crippen LogP contribution in [0.3, 0.4) is 0 Å². The summed E-state index contributed by atoms with van der Waals surface area (Å²) in [4.78, 5) is 55.9. The number of likely N-dealkylation sites (N-methyl/N-ethyl adjacent to an activating group) is 1. The van der Waals surface area contributed by atoms with Gasteiger partial charge < -0.3 is 24.6 Å². The van der Waals surface area contributed by atoms with Crippen LogP contribution < -0.4 is 14.8 Å². The van der Waals surface area contributed by atoms with E-state index in [2.05, 4.69) is 5.32 Å². The number of amides is 5. The number of anilines is 1. The maximum absolute atomic E-state index is 13.1. The van der Waals surface area contributed by atoms with Gasteiger partial charge in [0.25, 0.3) is 5.91 Å². The zero-order valence-electron chi connectivity index (χ0n) is 19.4. The lowest BCUT2D eigenvalue weighted by molar-refractivity contribution is -0.141. The van der Waals surface area contributed by atoms with Gasteiger partial charge in [-0.1, -0.05) is 19.3 Å². The first kappa shape index (κ1) is 22.5. The highest BCUT2D eigenvalue weighted by atomic mass is 16.7. The maximum atomic E-state index is 13.1. The van der Waals surface area contributed by atoms with Crippen LogP contribution in [0.4, 0.5) is 10.5 Å². The molecular weight excluding hydrogens is 440 g/mol. The number of fused-ring (bicyclic) bond motifs is 1. The van der Waals surface area contributed by atoms with Crippen LogP contribution in [-0.4, -0.2) is 77.5 Å². The molecule has 0 atom stereocenters. The van der Waals surface area contributed by atoms with Gasteiger partial charge in [0.15, 0.2) is 11.5 Å². The van der Waals surface area contributed by atoms with Gasteiger partial charge in [-0.05, 0) is 37.8 Å². The molecule has 1 aromatic rings. The molecule has 4 aliphatic rings. The average molecular weight is 471 g/mol. The minimum absolute atomic E-state index is 0.100. The molecule has 1 spiro atoms. The number of benzene rings is 1. The molecule has 1 saturated carbocycles. The second-order valence-electron chi connectivity index (χ2n) is 9.54. The Morgan fingerprint density at radius 3 is 2.50 bits per heavy atom. The Morgan fingerprint density at radius 2 is 1.76 bits per heavy atom. The third-order valence-electron chi connectivity index (χ3n) is 7.64. The molecule has 3 heterocycles. The van der Waals surface area contributed by atoms with Crippen molar-refractivity contribution in [2.24, 2.45) is 5.92 Å². The molecule has 34 heavy (non-hydrogen) atoms. The zero-order valence-corrected chi connectivity index (χ0v) is 19.4. The van der Waals surface area contributed by atoms with Gasteiger partial charge in [0.1, 0.15) is 12.1 Å². The fourth-order valence-electron chi connectivity index (χ4n) is 5.52. The molecule has 3 aliphatic heterocycles. The lowest BCUT2D eigenvalue weighted by Crippen LogP contribution is -2.50. The summed E-state index contributed by atoms with van der Waals surface area (Å²) in [6.45, 7) is 0.757. The standard InChI is InChI=1S/C24H30N4O6/c1-26-23(32)28(22(31)24(26)9-3-2-4-10-24)14-20(29)27-11-7-16(8-12-27)21(30)25-17-5-6-18-19(13-17)34-15-33-18/h5-6,13,16H,2-4,7-12,14-15H2,1H3,(H,25,30). The van der Waals surface area contributed by atoms with Gasteiger partial charge in [0.2, 0.25) is 18.6 Å². The van der Waals surface area contributed by atoms with Crippen molar-refractivity contribution in [2.45, 2.75) is 50.5 Å². The number of piperidine rings is 1. The van der Waals surface area contributed by atoms with E-state index in [1.165, 1.54) is 4.90 Å². The number of nitrogens with zero attached hydrogens (tertiary/aromatic N) is 3. The molecule has 0 radical (unpaired) electrons. The van der Waals surface area contributed by atoms with Crippen LogP contribution in [0.1, 0.15) is 44.9 Å². The van der Waals surface area contributed by atoms with Gasteiger partial charge in [0.05, 0.1) is 0 Å². The smallest absolute Gasteiger partial charge is 0.327 e. The summed E-state index contributed by atoms with van der Waals surface area (Å²) in [6, 6.07) is 4.87. The molecule has 1 aliphatic carbocycles. The van der Waals surface area contributed by atoms with E-state index in [4.69, 9.17) is 9.47 Å². The number of hydrogen-bond acceptors (Lipinski definition) is 6. The fraction of sp³-hybridized carbons (Fsp3) is 0.583. The predicted molar refractivity (Wildman–Crippen MR) is 121 cm³/mol. The van der Waals surface area contributed by atoms with Crippen molar-refractivity contribution in [2.75, 3.05) is 38.8 Å². The van der Waals surface area contributed by atoms with Crippen LogP contribution in [-0.2, 0) is 14.4 Å². The zero-order chi connectivity index (χ0) is 23.9. The van der Waals surface area contributed by atoms with Crippen LogP contribution >= 0.6 is 0 Å². The summed E-state index contributed by atoms with van der Waals surface area (Å²) in [5.74, 6) is 0.437. The second kappa shape index (κ2) is 8.81. The van der Waals surface area contributed by atoms with Crippen LogP contribution in [0.25, 0.3) is 0 Å². The first-order valence-corrected chi connectivity index (χ1v) is 12.0.